The summed E-state index contributed by atoms with van der Waals surface area (Å²) in [6, 6.07) is 12.0. The normalized spacial score (nSPS) is 16.7. The molecule has 7 nitrogen and oxygen atoms in total. The number of fused-ring (bicyclic) bond motifs is 1. The van der Waals surface area contributed by atoms with Crippen LogP contribution in [0.3, 0.4) is 0 Å². The van der Waals surface area contributed by atoms with Gasteiger partial charge in [-0.2, -0.15) is 0 Å². The van der Waals surface area contributed by atoms with E-state index in [1.807, 2.05) is 20.0 Å². The van der Waals surface area contributed by atoms with E-state index in [0.29, 0.717) is 6.54 Å². The number of halogens is 1. The van der Waals surface area contributed by atoms with Gasteiger partial charge in [0.25, 0.3) is 0 Å². The van der Waals surface area contributed by atoms with Crippen LogP contribution in [0.2, 0.25) is 0 Å². The molecule has 1 aliphatic rings. The monoisotopic (exact) mass is 586 g/mol. The highest BCUT2D eigenvalue weighted by atomic mass is 79.9. The van der Waals surface area contributed by atoms with Crippen molar-refractivity contribution in [3.8, 4) is 21.7 Å². The van der Waals surface area contributed by atoms with Crippen LogP contribution in [0.1, 0.15) is 38.6 Å². The lowest BCUT2D eigenvalue weighted by molar-refractivity contribution is -0.139. The number of carbonyl (C=O) groups is 2. The number of hydrogen-bond donors (Lipinski definition) is 3. The summed E-state index contributed by atoms with van der Waals surface area (Å²) >= 11 is 7.09. The number of H-pyrrole nitrogens is 1. The molecular formula is C26H27BrN4O3S2. The van der Waals surface area contributed by atoms with E-state index in [1.54, 1.807) is 27.6 Å². The van der Waals surface area contributed by atoms with E-state index in [9.17, 15) is 9.59 Å². The van der Waals surface area contributed by atoms with Crippen molar-refractivity contribution in [2.75, 3.05) is 13.2 Å². The lowest BCUT2D eigenvalue weighted by atomic mass is 10.0. The second-order valence-electron chi connectivity index (χ2n) is 9.29. The van der Waals surface area contributed by atoms with Gasteiger partial charge in [-0.25, -0.2) is 4.98 Å². The molecule has 2 atom stereocenters. The molecule has 1 unspecified atom stereocenters. The van der Waals surface area contributed by atoms with Crippen molar-refractivity contribution < 1.29 is 14.7 Å². The number of nitrogens with one attached hydrogen (secondary N) is 2. The predicted molar refractivity (Wildman–Crippen MR) is 148 cm³/mol. The Morgan fingerprint density at radius 1 is 1.19 bits per heavy atom. The van der Waals surface area contributed by atoms with Gasteiger partial charge >= 0.3 is 0 Å². The molecule has 0 aliphatic carbocycles. The smallest absolute Gasteiger partial charge is 0.246 e. The first-order valence-electron chi connectivity index (χ1n) is 11.9. The molecule has 188 valence electrons. The van der Waals surface area contributed by atoms with Crippen LogP contribution < -0.4 is 5.32 Å². The predicted octanol–water partition coefficient (Wildman–Crippen LogP) is 5.58. The number of thiophene rings is 2. The largest absolute Gasteiger partial charge is 0.387 e. The number of nitrogens with zero attached hydrogens (tertiary/aromatic N) is 2. The SMILES string of the molecule is CC(C)[C@H](NC(=O)CO)C(=O)N1CCCC1c1ncc(-c2ccc(-c3cc4sc(Br)cc4s3)cc2)[nH]1. The topological polar surface area (TPSA) is 98.3 Å². The van der Waals surface area contributed by atoms with Crippen LogP contribution in [0.4, 0.5) is 0 Å². The van der Waals surface area contributed by atoms with Crippen molar-refractivity contribution in [2.24, 2.45) is 5.92 Å². The number of likely N-dealkylation sites (tertiary alicyclic amines) is 1. The molecule has 0 saturated carbocycles. The molecular weight excluding hydrogens is 560 g/mol. The second kappa shape index (κ2) is 10.5. The lowest BCUT2D eigenvalue weighted by Gasteiger charge is -2.30. The molecule has 1 fully saturated rings. The maximum atomic E-state index is 13.3. The second-order valence-corrected chi connectivity index (χ2v) is 12.8. The summed E-state index contributed by atoms with van der Waals surface area (Å²) in [5.74, 6) is -0.0307. The zero-order valence-corrected chi connectivity index (χ0v) is 23.2. The van der Waals surface area contributed by atoms with Crippen LogP contribution in [0.25, 0.3) is 31.1 Å². The summed E-state index contributed by atoms with van der Waals surface area (Å²) in [6.45, 7) is 3.75. The minimum Gasteiger partial charge on any atom is -0.387 e. The summed E-state index contributed by atoms with van der Waals surface area (Å²) in [5.41, 5.74) is 3.12. The van der Waals surface area contributed by atoms with Gasteiger partial charge in [-0.3, -0.25) is 9.59 Å². The Hall–Kier alpha value is -2.53. The van der Waals surface area contributed by atoms with Gasteiger partial charge < -0.3 is 20.3 Å². The first kappa shape index (κ1) is 25.1. The number of hydrogen-bond acceptors (Lipinski definition) is 6. The molecule has 1 aliphatic heterocycles. The van der Waals surface area contributed by atoms with Gasteiger partial charge in [-0.05, 0) is 57.9 Å². The minimum absolute atomic E-state index is 0.0967. The van der Waals surface area contributed by atoms with E-state index in [1.165, 1.54) is 19.8 Å². The lowest BCUT2D eigenvalue weighted by Crippen LogP contribution is -2.51. The zero-order valence-electron chi connectivity index (χ0n) is 20.0. The van der Waals surface area contributed by atoms with E-state index in [2.05, 4.69) is 67.6 Å². The van der Waals surface area contributed by atoms with Crippen molar-refractivity contribution in [2.45, 2.75) is 38.8 Å². The summed E-state index contributed by atoms with van der Waals surface area (Å²) in [4.78, 5) is 36.2. The maximum Gasteiger partial charge on any atom is 0.246 e. The molecule has 4 heterocycles. The molecule has 36 heavy (non-hydrogen) atoms. The fourth-order valence-corrected chi connectivity index (χ4v) is 7.67. The first-order chi connectivity index (χ1) is 17.3. The standard InChI is InChI=1S/C26H27BrN4O3S2/c1-14(2)24(30-23(33)13-32)26(34)31-9-3-4-18(31)25-28-12-17(29-25)15-5-7-16(8-6-15)19-10-20-21(35-19)11-22(27)36-20/h5-8,10-12,14,18,24,32H,3-4,9,13H2,1-2H3,(H,28,29)(H,30,33)/t18?,24-/m0/s1. The van der Waals surface area contributed by atoms with Crippen molar-refractivity contribution in [1.82, 2.24) is 20.2 Å². The molecule has 2 amide bonds. The maximum absolute atomic E-state index is 13.3. The van der Waals surface area contributed by atoms with Gasteiger partial charge in [0.2, 0.25) is 11.8 Å². The average molecular weight is 588 g/mol. The van der Waals surface area contributed by atoms with Gasteiger partial charge in [-0.15, -0.1) is 22.7 Å². The van der Waals surface area contributed by atoms with Crippen molar-refractivity contribution >= 4 is 59.8 Å². The quantitative estimate of drug-likeness (QED) is 0.263. The summed E-state index contributed by atoms with van der Waals surface area (Å²) < 4.78 is 3.73. The van der Waals surface area contributed by atoms with E-state index in [-0.39, 0.29) is 17.9 Å². The van der Waals surface area contributed by atoms with Gasteiger partial charge in [0.1, 0.15) is 18.5 Å². The Kier molecular flexibility index (Phi) is 7.30. The van der Waals surface area contributed by atoms with Gasteiger partial charge in [0, 0.05) is 20.8 Å². The zero-order chi connectivity index (χ0) is 25.4. The molecule has 4 aromatic rings. The number of aromatic amines is 1. The minimum atomic E-state index is -0.680. The fraction of sp³-hybridized carbons (Fsp3) is 0.346. The van der Waals surface area contributed by atoms with Crippen LogP contribution in [-0.2, 0) is 9.59 Å². The van der Waals surface area contributed by atoms with Crippen LogP contribution in [0.15, 0.2) is 46.4 Å². The molecule has 0 spiro atoms. The summed E-state index contributed by atoms with van der Waals surface area (Å²) in [5, 5.41) is 11.8. The van der Waals surface area contributed by atoms with Gasteiger partial charge in [0.15, 0.2) is 0 Å². The average Bonchev–Trinajstić information content (AvgIpc) is 3.65. The third-order valence-corrected chi connectivity index (χ3v) is 9.34. The fourth-order valence-electron chi connectivity index (χ4n) is 4.64. The Morgan fingerprint density at radius 2 is 1.92 bits per heavy atom. The van der Waals surface area contributed by atoms with Crippen molar-refractivity contribution in [3.05, 3.63) is 52.2 Å². The highest BCUT2D eigenvalue weighted by Gasteiger charge is 2.37. The first-order valence-corrected chi connectivity index (χ1v) is 14.3. The molecule has 5 rings (SSSR count). The van der Waals surface area contributed by atoms with Crippen LogP contribution >= 0.6 is 38.6 Å². The molecule has 3 aromatic heterocycles. The highest BCUT2D eigenvalue weighted by molar-refractivity contribution is 9.11. The van der Waals surface area contributed by atoms with E-state index < -0.39 is 18.6 Å². The Labute approximate surface area is 225 Å². The molecule has 0 bridgehead atoms. The number of imidazole rings is 1. The molecule has 0 radical (unpaired) electrons. The molecule has 1 saturated heterocycles. The van der Waals surface area contributed by atoms with Crippen LogP contribution in [0, 0.1) is 5.92 Å². The molecule has 1 aromatic carbocycles. The number of carbonyl (C=O) groups excluding carboxylic acids is 2. The van der Waals surface area contributed by atoms with Crippen molar-refractivity contribution in [1.29, 1.82) is 0 Å². The number of aromatic nitrogens is 2. The summed E-state index contributed by atoms with van der Waals surface area (Å²) in [6.07, 6.45) is 3.49. The summed E-state index contributed by atoms with van der Waals surface area (Å²) in [7, 11) is 0. The number of rotatable bonds is 7. The Balaban J connectivity index is 1.32. The van der Waals surface area contributed by atoms with Gasteiger partial charge in [0.05, 0.1) is 21.7 Å². The molecule has 10 heteroatoms. The molecule has 3 N–H and O–H groups in total. The van der Waals surface area contributed by atoms with Crippen LogP contribution in [-0.4, -0.2) is 51.0 Å². The number of aliphatic hydroxyl groups excluding tert-OH is 1. The number of aliphatic hydroxyl groups is 1. The third-order valence-electron chi connectivity index (χ3n) is 6.50. The van der Waals surface area contributed by atoms with E-state index in [0.717, 1.165) is 33.7 Å². The van der Waals surface area contributed by atoms with Gasteiger partial charge in [-0.1, -0.05) is 38.1 Å². The van der Waals surface area contributed by atoms with Crippen LogP contribution in [0.5, 0.6) is 0 Å². The third kappa shape index (κ3) is 5.00. The number of benzene rings is 1. The van der Waals surface area contributed by atoms with Crippen molar-refractivity contribution in [3.63, 3.8) is 0 Å². The Bertz CT molecular complexity index is 1360. The number of amides is 2. The highest BCUT2D eigenvalue weighted by Crippen LogP contribution is 2.40. The van der Waals surface area contributed by atoms with E-state index >= 15 is 0 Å². The van der Waals surface area contributed by atoms with E-state index in [4.69, 9.17) is 5.11 Å². The Morgan fingerprint density at radius 3 is 2.61 bits per heavy atom.